The molecule has 2 N–H and O–H groups in total. The van der Waals surface area contributed by atoms with Crippen LogP contribution in [0.25, 0.3) is 0 Å². The second-order valence-electron chi connectivity index (χ2n) is 8.85. The third kappa shape index (κ3) is 6.00. The predicted molar refractivity (Wildman–Crippen MR) is 130 cm³/mol. The molecule has 1 saturated heterocycles. The molecule has 1 aliphatic heterocycles. The summed E-state index contributed by atoms with van der Waals surface area (Å²) in [6.07, 6.45) is 2.93. The molecule has 33 heavy (non-hydrogen) atoms. The van der Waals surface area contributed by atoms with Crippen LogP contribution in [0.4, 0.5) is 5.69 Å². The minimum Gasteiger partial charge on any atom is -0.348 e. The topological polar surface area (TPSA) is 95.6 Å². The maximum atomic E-state index is 13.4. The Balaban J connectivity index is 1.62. The molecule has 3 rings (SSSR count). The van der Waals surface area contributed by atoms with E-state index in [0.717, 1.165) is 41.5 Å². The molecular formula is C25H33N3O4S. The number of hydrogen-bond donors (Lipinski definition) is 2. The molecule has 0 saturated carbocycles. The Morgan fingerprint density at radius 3 is 2.33 bits per heavy atom. The number of rotatable bonds is 6. The normalized spacial score (nSPS) is 16.9. The SMILES string of the molecule is Cc1ccc(C)c(NC(=O)C(=O)NCC[C@@H]2CCCCN2S(=O)(=O)c2cc(C)ccc2C)c1. The maximum absolute atomic E-state index is 13.4. The lowest BCUT2D eigenvalue weighted by atomic mass is 10.0. The number of hydrogen-bond acceptors (Lipinski definition) is 4. The average Bonchev–Trinajstić information content (AvgIpc) is 2.78. The van der Waals surface area contributed by atoms with E-state index in [2.05, 4.69) is 10.6 Å². The molecule has 1 fully saturated rings. The first-order chi connectivity index (χ1) is 15.6. The van der Waals surface area contributed by atoms with Crippen LogP contribution in [0.5, 0.6) is 0 Å². The van der Waals surface area contributed by atoms with Gasteiger partial charge in [0.15, 0.2) is 0 Å². The van der Waals surface area contributed by atoms with Crippen molar-refractivity contribution in [3.05, 3.63) is 58.7 Å². The summed E-state index contributed by atoms with van der Waals surface area (Å²) in [7, 11) is -3.64. The minimum atomic E-state index is -3.64. The van der Waals surface area contributed by atoms with Gasteiger partial charge in [0.1, 0.15) is 0 Å². The summed E-state index contributed by atoms with van der Waals surface area (Å²) in [5, 5.41) is 5.29. The number of amides is 2. The van der Waals surface area contributed by atoms with Crippen molar-refractivity contribution in [2.24, 2.45) is 0 Å². The van der Waals surface area contributed by atoms with Crippen molar-refractivity contribution in [2.75, 3.05) is 18.4 Å². The molecule has 2 amide bonds. The van der Waals surface area contributed by atoms with Crippen molar-refractivity contribution >= 4 is 27.5 Å². The molecule has 2 aromatic carbocycles. The highest BCUT2D eigenvalue weighted by Gasteiger charge is 2.34. The first-order valence-electron chi connectivity index (χ1n) is 11.3. The molecule has 0 aliphatic carbocycles. The lowest BCUT2D eigenvalue weighted by Gasteiger charge is -2.35. The first-order valence-corrected chi connectivity index (χ1v) is 12.8. The van der Waals surface area contributed by atoms with Crippen LogP contribution < -0.4 is 10.6 Å². The number of carbonyl (C=O) groups is 2. The van der Waals surface area contributed by atoms with E-state index in [9.17, 15) is 18.0 Å². The van der Waals surface area contributed by atoms with Gasteiger partial charge in [0.2, 0.25) is 10.0 Å². The van der Waals surface area contributed by atoms with Crippen molar-refractivity contribution in [1.29, 1.82) is 0 Å². The summed E-state index contributed by atoms with van der Waals surface area (Å²) in [6, 6.07) is 10.9. The Kier molecular flexibility index (Phi) is 7.92. The van der Waals surface area contributed by atoms with E-state index < -0.39 is 21.8 Å². The number of sulfonamides is 1. The molecule has 0 radical (unpaired) electrons. The van der Waals surface area contributed by atoms with Gasteiger partial charge in [-0.3, -0.25) is 9.59 Å². The number of benzene rings is 2. The summed E-state index contributed by atoms with van der Waals surface area (Å²) in [5.41, 5.74) is 4.08. The Hall–Kier alpha value is -2.71. The van der Waals surface area contributed by atoms with Crippen molar-refractivity contribution in [1.82, 2.24) is 9.62 Å². The summed E-state index contributed by atoms with van der Waals surface area (Å²) < 4.78 is 28.4. The van der Waals surface area contributed by atoms with Gasteiger partial charge in [-0.25, -0.2) is 8.42 Å². The molecule has 1 aliphatic rings. The average molecular weight is 472 g/mol. The Morgan fingerprint density at radius 1 is 0.939 bits per heavy atom. The maximum Gasteiger partial charge on any atom is 0.313 e. The van der Waals surface area contributed by atoms with E-state index in [1.54, 1.807) is 17.3 Å². The van der Waals surface area contributed by atoms with Gasteiger partial charge in [-0.15, -0.1) is 0 Å². The molecule has 1 heterocycles. The number of aryl methyl sites for hydroxylation is 4. The highest BCUT2D eigenvalue weighted by Crippen LogP contribution is 2.29. The quantitative estimate of drug-likeness (QED) is 0.629. The minimum absolute atomic E-state index is 0.217. The first kappa shape index (κ1) is 24.9. The van der Waals surface area contributed by atoms with Crippen LogP contribution in [0, 0.1) is 27.7 Å². The number of anilines is 1. The summed E-state index contributed by atoms with van der Waals surface area (Å²) >= 11 is 0. The molecule has 0 spiro atoms. The van der Waals surface area contributed by atoms with Gasteiger partial charge in [-0.05, 0) is 81.3 Å². The molecule has 178 valence electrons. The van der Waals surface area contributed by atoms with Gasteiger partial charge in [0, 0.05) is 24.8 Å². The molecule has 7 nitrogen and oxygen atoms in total. The second-order valence-corrected chi connectivity index (χ2v) is 10.7. The van der Waals surface area contributed by atoms with Crippen LogP contribution in [0.3, 0.4) is 0 Å². The van der Waals surface area contributed by atoms with E-state index in [1.807, 2.05) is 51.1 Å². The second kappa shape index (κ2) is 10.5. The Morgan fingerprint density at radius 2 is 1.61 bits per heavy atom. The standard InChI is InChI=1S/C25H33N3O4S/c1-17-8-10-19(3)22(15-17)27-25(30)24(29)26-13-12-21-7-5-6-14-28(21)33(31,32)23-16-18(2)9-11-20(23)4/h8-11,15-16,21H,5-7,12-14H2,1-4H3,(H,26,29)(H,27,30)/t21-/m0/s1. The molecule has 2 aromatic rings. The lowest BCUT2D eigenvalue weighted by Crippen LogP contribution is -2.46. The van der Waals surface area contributed by atoms with Crippen molar-refractivity contribution < 1.29 is 18.0 Å². The highest BCUT2D eigenvalue weighted by atomic mass is 32.2. The monoisotopic (exact) mass is 471 g/mol. The fourth-order valence-corrected chi connectivity index (χ4v) is 6.21. The van der Waals surface area contributed by atoms with Gasteiger partial charge >= 0.3 is 11.8 Å². The lowest BCUT2D eigenvalue weighted by molar-refractivity contribution is -0.136. The Bertz CT molecular complexity index is 1140. The van der Waals surface area contributed by atoms with Crippen molar-refractivity contribution in [2.45, 2.75) is 64.3 Å². The van der Waals surface area contributed by atoms with Crippen molar-refractivity contribution in [3.63, 3.8) is 0 Å². The predicted octanol–water partition coefficient (Wildman–Crippen LogP) is 3.61. The third-order valence-electron chi connectivity index (χ3n) is 6.11. The summed E-state index contributed by atoms with van der Waals surface area (Å²) in [6.45, 7) is 8.15. The molecule has 0 unspecified atom stereocenters. The highest BCUT2D eigenvalue weighted by molar-refractivity contribution is 7.89. The number of piperidine rings is 1. The number of nitrogens with zero attached hydrogens (tertiary/aromatic N) is 1. The molecule has 0 bridgehead atoms. The van der Waals surface area contributed by atoms with E-state index in [0.29, 0.717) is 23.5 Å². The van der Waals surface area contributed by atoms with E-state index in [1.165, 1.54) is 0 Å². The van der Waals surface area contributed by atoms with Gasteiger partial charge < -0.3 is 10.6 Å². The Labute approximate surface area is 196 Å². The van der Waals surface area contributed by atoms with Gasteiger partial charge in [0.25, 0.3) is 0 Å². The fraction of sp³-hybridized carbons (Fsp3) is 0.440. The largest absolute Gasteiger partial charge is 0.348 e. The van der Waals surface area contributed by atoms with E-state index in [4.69, 9.17) is 0 Å². The smallest absolute Gasteiger partial charge is 0.313 e. The van der Waals surface area contributed by atoms with Crippen LogP contribution in [0.15, 0.2) is 41.3 Å². The molecule has 1 atom stereocenters. The molecule has 8 heteroatoms. The van der Waals surface area contributed by atoms with Gasteiger partial charge in [-0.1, -0.05) is 30.7 Å². The number of carbonyl (C=O) groups excluding carboxylic acids is 2. The van der Waals surface area contributed by atoms with Gasteiger partial charge in [-0.2, -0.15) is 4.31 Å². The van der Waals surface area contributed by atoms with Crippen LogP contribution in [0.1, 0.15) is 47.9 Å². The van der Waals surface area contributed by atoms with Crippen molar-refractivity contribution in [3.8, 4) is 0 Å². The third-order valence-corrected chi connectivity index (χ3v) is 8.21. The fourth-order valence-electron chi connectivity index (χ4n) is 4.17. The van der Waals surface area contributed by atoms with Crippen LogP contribution in [0.2, 0.25) is 0 Å². The zero-order chi connectivity index (χ0) is 24.2. The van der Waals surface area contributed by atoms with E-state index >= 15 is 0 Å². The van der Waals surface area contributed by atoms with E-state index in [-0.39, 0.29) is 12.6 Å². The summed E-state index contributed by atoms with van der Waals surface area (Å²) in [4.78, 5) is 25.0. The molecular weight excluding hydrogens is 438 g/mol. The van der Waals surface area contributed by atoms with Crippen LogP contribution in [-0.4, -0.2) is 43.7 Å². The zero-order valence-corrected chi connectivity index (χ0v) is 20.6. The van der Waals surface area contributed by atoms with Gasteiger partial charge in [0.05, 0.1) is 4.90 Å². The zero-order valence-electron chi connectivity index (χ0n) is 19.8. The number of nitrogens with one attached hydrogen (secondary N) is 2. The summed E-state index contributed by atoms with van der Waals surface area (Å²) in [5.74, 6) is -1.46. The molecule has 0 aromatic heterocycles. The van der Waals surface area contributed by atoms with Crippen LogP contribution >= 0.6 is 0 Å². The van der Waals surface area contributed by atoms with Crippen LogP contribution in [-0.2, 0) is 19.6 Å².